The van der Waals surface area contributed by atoms with E-state index in [1.54, 1.807) is 36.7 Å². The number of halogens is 1. The first-order chi connectivity index (χ1) is 17.2. The Morgan fingerprint density at radius 1 is 1.11 bits per heavy atom. The third-order valence-electron chi connectivity index (χ3n) is 6.87. The Morgan fingerprint density at radius 2 is 1.86 bits per heavy atom. The summed E-state index contributed by atoms with van der Waals surface area (Å²) in [6.45, 7) is 6.17. The van der Waals surface area contributed by atoms with Crippen molar-refractivity contribution in [2.24, 2.45) is 5.41 Å². The van der Waals surface area contributed by atoms with Gasteiger partial charge in [-0.05, 0) is 72.4 Å². The number of allylic oxidation sites excluding steroid dienone is 2. The highest BCUT2D eigenvalue weighted by atomic mass is 35.5. The highest BCUT2D eigenvalue weighted by Gasteiger charge is 2.46. The van der Waals surface area contributed by atoms with Gasteiger partial charge >= 0.3 is 0 Å². The quantitative estimate of drug-likeness (QED) is 0.374. The molecule has 3 aromatic rings. The summed E-state index contributed by atoms with van der Waals surface area (Å²) in [7, 11) is 0. The normalized spacial score (nSPS) is 20.9. The van der Waals surface area contributed by atoms with Gasteiger partial charge in [-0.25, -0.2) is 0 Å². The van der Waals surface area contributed by atoms with E-state index < -0.39 is 5.92 Å². The molecule has 2 aliphatic rings. The van der Waals surface area contributed by atoms with Crippen LogP contribution in [0.2, 0.25) is 5.02 Å². The third-order valence-corrected chi connectivity index (χ3v) is 7.12. The van der Waals surface area contributed by atoms with Crippen LogP contribution in [0, 0.1) is 17.7 Å². The number of aliphatic hydroxyl groups excluding tert-OH is 1. The molecule has 5 rings (SSSR count). The second-order valence-electron chi connectivity index (χ2n) is 10.3. The number of nitrogens with one attached hydrogen (secondary N) is 1. The minimum absolute atomic E-state index is 0.0293. The molecule has 0 amide bonds. The molecule has 0 saturated heterocycles. The average Bonchev–Trinajstić information content (AvgIpc) is 2.83. The highest BCUT2D eigenvalue weighted by Crippen LogP contribution is 2.51. The van der Waals surface area contributed by atoms with Crippen LogP contribution in [-0.4, -0.2) is 21.7 Å². The predicted octanol–water partition coefficient (Wildman–Crippen LogP) is 7.24. The Morgan fingerprint density at radius 3 is 2.53 bits per heavy atom. The highest BCUT2D eigenvalue weighted by molar-refractivity contribution is 6.30. The van der Waals surface area contributed by atoms with Crippen molar-refractivity contribution in [2.45, 2.75) is 39.5 Å². The van der Waals surface area contributed by atoms with E-state index in [2.05, 4.69) is 18.8 Å². The van der Waals surface area contributed by atoms with Gasteiger partial charge in [0.2, 0.25) is 0 Å². The van der Waals surface area contributed by atoms with E-state index in [0.29, 0.717) is 34.6 Å². The van der Waals surface area contributed by atoms with Crippen molar-refractivity contribution in [3.63, 3.8) is 0 Å². The lowest BCUT2D eigenvalue weighted by atomic mass is 9.67. The van der Waals surface area contributed by atoms with Gasteiger partial charge < -0.3 is 5.11 Å². The van der Waals surface area contributed by atoms with E-state index in [1.807, 2.05) is 48.2 Å². The molecule has 0 radical (unpaired) electrons. The van der Waals surface area contributed by atoms with E-state index in [0.717, 1.165) is 22.5 Å². The number of anilines is 1. The van der Waals surface area contributed by atoms with E-state index in [9.17, 15) is 15.3 Å². The van der Waals surface area contributed by atoms with Crippen LogP contribution >= 0.6 is 11.6 Å². The molecule has 0 fully saturated rings. The van der Waals surface area contributed by atoms with Crippen LogP contribution < -0.4 is 4.90 Å². The van der Waals surface area contributed by atoms with Gasteiger partial charge in [-0.2, -0.15) is 0 Å². The minimum Gasteiger partial charge on any atom is -0.507 e. The van der Waals surface area contributed by atoms with Gasteiger partial charge in [0.15, 0.2) is 5.78 Å². The zero-order chi connectivity index (χ0) is 25.6. The maximum absolute atomic E-state index is 13.8. The number of pyridine rings is 1. The van der Waals surface area contributed by atoms with Gasteiger partial charge in [0, 0.05) is 57.8 Å². The Bertz CT molecular complexity index is 1420. The lowest BCUT2D eigenvalue weighted by molar-refractivity contribution is -0.118. The lowest BCUT2D eigenvalue weighted by Crippen LogP contribution is -2.45. The van der Waals surface area contributed by atoms with Crippen molar-refractivity contribution in [2.75, 3.05) is 4.90 Å². The van der Waals surface area contributed by atoms with Gasteiger partial charge in [0.1, 0.15) is 11.6 Å². The molecule has 5 nitrogen and oxygen atoms in total. The average molecular weight is 498 g/mol. The number of nitrogens with zero attached hydrogens (tertiary/aromatic N) is 2. The number of carbonyl (C=O) groups is 1. The molecule has 2 heterocycles. The van der Waals surface area contributed by atoms with Crippen molar-refractivity contribution in [3.8, 4) is 0 Å². The van der Waals surface area contributed by atoms with Gasteiger partial charge in [-0.15, -0.1) is 0 Å². The molecule has 0 spiro atoms. The molecule has 36 heavy (non-hydrogen) atoms. The summed E-state index contributed by atoms with van der Waals surface area (Å²) < 4.78 is 0. The second-order valence-corrected chi connectivity index (χ2v) is 10.7. The number of rotatable bonds is 3. The van der Waals surface area contributed by atoms with Crippen LogP contribution in [-0.2, 0) is 4.79 Å². The molecular formula is C30H28ClN3O2. The number of ketones is 1. The number of amidine groups is 1. The number of hydrogen-bond acceptors (Lipinski definition) is 4. The lowest BCUT2D eigenvalue weighted by Gasteiger charge is -2.45. The van der Waals surface area contributed by atoms with Crippen LogP contribution in [0.4, 0.5) is 5.69 Å². The summed E-state index contributed by atoms with van der Waals surface area (Å²) in [5.41, 5.74) is 4.70. The van der Waals surface area contributed by atoms with E-state index in [1.165, 1.54) is 0 Å². The zero-order valence-electron chi connectivity index (χ0n) is 20.5. The molecular weight excluding hydrogens is 470 g/mol. The fourth-order valence-electron chi connectivity index (χ4n) is 5.31. The number of Topliss-reactive ketones (excluding diaryl/α,β-unsaturated/α-hetero) is 1. The number of hydrogen-bond donors (Lipinski definition) is 2. The van der Waals surface area contributed by atoms with Crippen LogP contribution in [0.5, 0.6) is 0 Å². The summed E-state index contributed by atoms with van der Waals surface area (Å²) in [5, 5.41) is 21.6. The van der Waals surface area contributed by atoms with Crippen molar-refractivity contribution in [1.82, 2.24) is 4.98 Å². The second kappa shape index (κ2) is 9.07. The molecule has 6 heteroatoms. The molecule has 0 bridgehead atoms. The molecule has 2 N–H and O–H groups in total. The van der Waals surface area contributed by atoms with Gasteiger partial charge in [-0.3, -0.25) is 20.1 Å². The van der Waals surface area contributed by atoms with Crippen molar-refractivity contribution >= 4 is 34.7 Å². The molecule has 1 unspecified atom stereocenters. The summed E-state index contributed by atoms with van der Waals surface area (Å²) >= 11 is 6.10. The summed E-state index contributed by atoms with van der Waals surface area (Å²) in [4.78, 5) is 20.0. The minimum atomic E-state index is -0.610. The number of benzene rings is 2. The van der Waals surface area contributed by atoms with Crippen molar-refractivity contribution in [1.29, 1.82) is 5.41 Å². The Kier molecular flexibility index (Phi) is 6.05. The molecule has 182 valence electrons. The SMILES string of the molecule is Cc1cccc(N2C(=N)/C(=C(/O)c3ccc(Cl)cc3)C(c3cccnc3)C3=C2CC(C)(C)CC3=O)c1. The van der Waals surface area contributed by atoms with E-state index in [4.69, 9.17) is 11.6 Å². The molecule has 1 aromatic heterocycles. The van der Waals surface area contributed by atoms with Crippen LogP contribution in [0.15, 0.2) is 89.9 Å². The van der Waals surface area contributed by atoms with E-state index in [-0.39, 0.29) is 22.8 Å². The summed E-state index contributed by atoms with van der Waals surface area (Å²) in [6, 6.07) is 18.5. The fraction of sp³-hybridized carbons (Fsp3) is 0.233. The summed E-state index contributed by atoms with van der Waals surface area (Å²) in [6.07, 6.45) is 4.43. The molecule has 1 aliphatic carbocycles. The standard InChI is InChI=1S/C30H28ClN3O2/c1-18-6-4-8-22(14-18)34-23-15-30(2,3)16-24(35)26(23)25(20-7-5-13-33-17-20)27(29(34)32)28(36)19-9-11-21(31)12-10-19/h4-14,17,25,32,36H,15-16H2,1-3H3/b28-27+,32-29?. The molecule has 0 saturated carbocycles. The topological polar surface area (TPSA) is 77.3 Å². The van der Waals surface area contributed by atoms with Crippen LogP contribution in [0.1, 0.15) is 49.3 Å². The predicted molar refractivity (Wildman–Crippen MR) is 144 cm³/mol. The zero-order valence-corrected chi connectivity index (χ0v) is 21.3. The summed E-state index contributed by atoms with van der Waals surface area (Å²) in [5.74, 6) is -0.485. The van der Waals surface area contributed by atoms with Crippen LogP contribution in [0.3, 0.4) is 0 Å². The van der Waals surface area contributed by atoms with E-state index >= 15 is 0 Å². The largest absolute Gasteiger partial charge is 0.507 e. The van der Waals surface area contributed by atoms with Gasteiger partial charge in [-0.1, -0.05) is 43.6 Å². The molecule has 1 aliphatic heterocycles. The maximum Gasteiger partial charge on any atom is 0.162 e. The van der Waals surface area contributed by atoms with Gasteiger partial charge in [0.05, 0.1) is 0 Å². The first-order valence-electron chi connectivity index (χ1n) is 12.0. The molecule has 2 aromatic carbocycles. The smallest absolute Gasteiger partial charge is 0.162 e. The van der Waals surface area contributed by atoms with Gasteiger partial charge in [0.25, 0.3) is 0 Å². The number of aryl methyl sites for hydroxylation is 1. The third kappa shape index (κ3) is 4.24. The Balaban J connectivity index is 1.85. The van der Waals surface area contributed by atoms with Crippen LogP contribution in [0.25, 0.3) is 5.76 Å². The number of aliphatic hydroxyl groups is 1. The first kappa shape index (κ1) is 24.0. The Labute approximate surface area is 216 Å². The number of aromatic nitrogens is 1. The first-order valence-corrected chi connectivity index (χ1v) is 12.3. The monoisotopic (exact) mass is 497 g/mol. The van der Waals surface area contributed by atoms with Crippen molar-refractivity contribution < 1.29 is 9.90 Å². The fourth-order valence-corrected chi connectivity index (χ4v) is 5.44. The molecule has 1 atom stereocenters. The maximum atomic E-state index is 13.8. The number of carbonyl (C=O) groups excluding carboxylic acids is 1. The Hall–Kier alpha value is -3.70. The van der Waals surface area contributed by atoms with Crippen molar-refractivity contribution in [3.05, 3.63) is 112 Å².